The zero-order valence-corrected chi connectivity index (χ0v) is 12.5. The molecule has 0 heterocycles. The van der Waals surface area contributed by atoms with Crippen molar-refractivity contribution in [3.05, 3.63) is 0 Å². The molecule has 2 N–H and O–H groups in total. The molecule has 0 spiro atoms. The van der Waals surface area contributed by atoms with Crippen LogP contribution >= 0.6 is 0 Å². The van der Waals surface area contributed by atoms with Crippen molar-refractivity contribution in [2.24, 2.45) is 17.3 Å². The molecule has 20 heavy (non-hydrogen) atoms. The first kappa shape index (κ1) is 15.3. The Balaban J connectivity index is 1.80. The zero-order chi connectivity index (χ0) is 14.6. The molecule has 2 rings (SSSR count). The van der Waals surface area contributed by atoms with E-state index >= 15 is 0 Å². The fraction of sp³-hybridized carbons (Fsp3) is 0.875. The Bertz CT molecular complexity index is 361. The maximum atomic E-state index is 12.2. The third-order valence-electron chi connectivity index (χ3n) is 5.14. The highest BCUT2D eigenvalue weighted by molar-refractivity contribution is 5.80. The minimum absolute atomic E-state index is 0.0720. The lowest BCUT2D eigenvalue weighted by Gasteiger charge is -2.34. The molecule has 4 heteroatoms. The Morgan fingerprint density at radius 3 is 2.40 bits per heavy atom. The second kappa shape index (κ2) is 6.59. The normalized spacial score (nSPS) is 29.6. The van der Waals surface area contributed by atoms with Crippen LogP contribution in [-0.2, 0) is 9.59 Å². The van der Waals surface area contributed by atoms with E-state index in [1.165, 1.54) is 32.1 Å². The summed E-state index contributed by atoms with van der Waals surface area (Å²) in [6, 6.07) is 0. The number of rotatable bonds is 4. The largest absolute Gasteiger partial charge is 0.481 e. The summed E-state index contributed by atoms with van der Waals surface area (Å²) in [7, 11) is 0. The summed E-state index contributed by atoms with van der Waals surface area (Å²) < 4.78 is 0. The van der Waals surface area contributed by atoms with E-state index in [0.717, 1.165) is 25.8 Å². The molecule has 0 saturated heterocycles. The topological polar surface area (TPSA) is 66.4 Å². The first-order valence-corrected chi connectivity index (χ1v) is 8.01. The van der Waals surface area contributed by atoms with Crippen molar-refractivity contribution in [2.45, 2.75) is 64.7 Å². The van der Waals surface area contributed by atoms with Crippen LogP contribution in [-0.4, -0.2) is 23.5 Å². The van der Waals surface area contributed by atoms with Crippen molar-refractivity contribution < 1.29 is 14.7 Å². The first-order chi connectivity index (χ1) is 9.50. The Kier molecular flexibility index (Phi) is 5.06. The van der Waals surface area contributed by atoms with Gasteiger partial charge >= 0.3 is 5.97 Å². The highest BCUT2D eigenvalue weighted by Gasteiger charge is 2.32. The van der Waals surface area contributed by atoms with Crippen LogP contribution in [0, 0.1) is 17.3 Å². The molecule has 2 fully saturated rings. The van der Waals surface area contributed by atoms with Gasteiger partial charge in [-0.2, -0.15) is 0 Å². The number of hydrogen-bond donors (Lipinski definition) is 2. The summed E-state index contributed by atoms with van der Waals surface area (Å²) in [5.41, 5.74) is 0.245. The van der Waals surface area contributed by atoms with Gasteiger partial charge in [0.2, 0.25) is 5.91 Å². The smallest absolute Gasteiger partial charge is 0.306 e. The number of amides is 1. The average Bonchev–Trinajstić information content (AvgIpc) is 2.46. The number of carbonyl (C=O) groups excluding carboxylic acids is 1. The van der Waals surface area contributed by atoms with Crippen LogP contribution in [0.25, 0.3) is 0 Å². The van der Waals surface area contributed by atoms with Gasteiger partial charge in [0.15, 0.2) is 0 Å². The summed E-state index contributed by atoms with van der Waals surface area (Å²) >= 11 is 0. The van der Waals surface area contributed by atoms with Crippen molar-refractivity contribution >= 4 is 11.9 Å². The predicted molar refractivity (Wildman–Crippen MR) is 77.3 cm³/mol. The molecular weight excluding hydrogens is 254 g/mol. The molecule has 0 aromatic carbocycles. The monoisotopic (exact) mass is 281 g/mol. The van der Waals surface area contributed by atoms with Crippen LogP contribution in [0.5, 0.6) is 0 Å². The lowest BCUT2D eigenvalue weighted by Crippen LogP contribution is -2.41. The third kappa shape index (κ3) is 3.97. The molecule has 4 nitrogen and oxygen atoms in total. The summed E-state index contributed by atoms with van der Waals surface area (Å²) in [5.74, 6) is -1.11. The van der Waals surface area contributed by atoms with E-state index in [4.69, 9.17) is 5.11 Å². The predicted octanol–water partition coefficient (Wildman–Crippen LogP) is 2.96. The van der Waals surface area contributed by atoms with Crippen LogP contribution in [0.4, 0.5) is 0 Å². The minimum atomic E-state index is -0.748. The van der Waals surface area contributed by atoms with Gasteiger partial charge in [-0.15, -0.1) is 0 Å². The average molecular weight is 281 g/mol. The summed E-state index contributed by atoms with van der Waals surface area (Å²) in [6.45, 7) is 3.01. The number of hydrogen-bond acceptors (Lipinski definition) is 2. The molecule has 0 aromatic heterocycles. The van der Waals surface area contributed by atoms with Crippen LogP contribution < -0.4 is 5.32 Å². The fourth-order valence-corrected chi connectivity index (χ4v) is 3.68. The number of carboxylic acid groups (broad SMARTS) is 1. The Morgan fingerprint density at radius 2 is 1.75 bits per heavy atom. The quantitative estimate of drug-likeness (QED) is 0.832. The van der Waals surface area contributed by atoms with Gasteiger partial charge in [-0.25, -0.2) is 0 Å². The summed E-state index contributed by atoms with van der Waals surface area (Å²) in [6.07, 6.45) is 9.14. The lowest BCUT2D eigenvalue weighted by molar-refractivity contribution is -0.144. The van der Waals surface area contributed by atoms with Gasteiger partial charge in [-0.3, -0.25) is 9.59 Å². The molecule has 2 saturated carbocycles. The molecule has 0 aromatic rings. The molecule has 2 aliphatic rings. The lowest BCUT2D eigenvalue weighted by atomic mass is 9.75. The number of aliphatic carboxylic acids is 1. The standard InChI is InChI=1S/C16H27NO3/c1-16(8-3-2-4-9-16)11-17-14(18)12-6-5-7-13(10-12)15(19)20/h12-13H,2-11H2,1H3,(H,17,18)(H,19,20). The minimum Gasteiger partial charge on any atom is -0.481 e. The fourth-order valence-electron chi connectivity index (χ4n) is 3.68. The van der Waals surface area contributed by atoms with E-state index in [0.29, 0.717) is 6.42 Å². The maximum absolute atomic E-state index is 12.2. The van der Waals surface area contributed by atoms with E-state index in [2.05, 4.69) is 12.2 Å². The molecule has 1 amide bonds. The van der Waals surface area contributed by atoms with Crippen molar-refractivity contribution in [3.63, 3.8) is 0 Å². The third-order valence-corrected chi connectivity index (χ3v) is 5.14. The van der Waals surface area contributed by atoms with Gasteiger partial charge < -0.3 is 10.4 Å². The Morgan fingerprint density at radius 1 is 1.10 bits per heavy atom. The van der Waals surface area contributed by atoms with Gasteiger partial charge in [0.05, 0.1) is 5.92 Å². The molecular formula is C16H27NO3. The number of carboxylic acids is 1. The van der Waals surface area contributed by atoms with Crippen molar-refractivity contribution in [3.8, 4) is 0 Å². The van der Waals surface area contributed by atoms with Gasteiger partial charge in [0, 0.05) is 12.5 Å². The van der Waals surface area contributed by atoms with Crippen molar-refractivity contribution in [1.82, 2.24) is 5.32 Å². The van der Waals surface area contributed by atoms with Crippen LogP contribution in [0.15, 0.2) is 0 Å². The summed E-state index contributed by atoms with van der Waals surface area (Å²) in [5, 5.41) is 12.2. The van der Waals surface area contributed by atoms with Crippen LogP contribution in [0.2, 0.25) is 0 Å². The van der Waals surface area contributed by atoms with E-state index in [-0.39, 0.29) is 23.2 Å². The molecule has 2 atom stereocenters. The highest BCUT2D eigenvalue weighted by atomic mass is 16.4. The van der Waals surface area contributed by atoms with E-state index in [1.54, 1.807) is 0 Å². The van der Waals surface area contributed by atoms with E-state index in [9.17, 15) is 9.59 Å². The zero-order valence-electron chi connectivity index (χ0n) is 12.5. The Labute approximate surface area is 121 Å². The molecule has 0 radical (unpaired) electrons. The van der Waals surface area contributed by atoms with Crippen molar-refractivity contribution in [1.29, 1.82) is 0 Å². The second-order valence-corrected chi connectivity index (χ2v) is 6.99. The second-order valence-electron chi connectivity index (χ2n) is 6.99. The number of carbonyl (C=O) groups is 2. The molecule has 0 bridgehead atoms. The van der Waals surface area contributed by atoms with Gasteiger partial charge in [-0.1, -0.05) is 32.6 Å². The molecule has 0 aliphatic heterocycles. The number of nitrogens with one attached hydrogen (secondary N) is 1. The SMILES string of the molecule is CC1(CNC(=O)C2CCCC(C(=O)O)C2)CCCCC1. The van der Waals surface area contributed by atoms with Crippen LogP contribution in [0.3, 0.4) is 0 Å². The van der Waals surface area contributed by atoms with E-state index in [1.807, 2.05) is 0 Å². The summed E-state index contributed by atoms with van der Waals surface area (Å²) in [4.78, 5) is 23.3. The maximum Gasteiger partial charge on any atom is 0.306 e. The van der Waals surface area contributed by atoms with Crippen LogP contribution in [0.1, 0.15) is 64.7 Å². The van der Waals surface area contributed by atoms with Gasteiger partial charge in [0.25, 0.3) is 0 Å². The molecule has 2 unspecified atom stereocenters. The first-order valence-electron chi connectivity index (χ1n) is 8.01. The molecule has 114 valence electrons. The van der Waals surface area contributed by atoms with Crippen molar-refractivity contribution in [2.75, 3.05) is 6.54 Å². The van der Waals surface area contributed by atoms with E-state index < -0.39 is 5.97 Å². The Hall–Kier alpha value is -1.06. The van der Waals surface area contributed by atoms with Gasteiger partial charge in [0.1, 0.15) is 0 Å². The molecule has 2 aliphatic carbocycles. The van der Waals surface area contributed by atoms with Gasteiger partial charge in [-0.05, 0) is 37.5 Å². The highest BCUT2D eigenvalue weighted by Crippen LogP contribution is 2.35.